The Bertz CT molecular complexity index is 673. The normalized spacial score (nSPS) is 12.7. The van der Waals surface area contributed by atoms with Crippen LogP contribution in [0, 0.1) is 0 Å². The number of ether oxygens (including phenoxy) is 1. The van der Waals surface area contributed by atoms with Crippen LogP contribution in [0.3, 0.4) is 0 Å². The molecule has 0 heterocycles. The summed E-state index contributed by atoms with van der Waals surface area (Å²) in [5, 5.41) is 4.85. The zero-order valence-electron chi connectivity index (χ0n) is 13.1. The molecule has 0 spiro atoms. The minimum atomic E-state index is -0.601. The first-order chi connectivity index (χ1) is 10.4. The van der Waals surface area contributed by atoms with Gasteiger partial charge in [0.25, 0.3) is 0 Å². The molecule has 0 bridgehead atoms. The Balaban J connectivity index is 2.05. The number of fused-ring (bicyclic) bond motifs is 1. The lowest BCUT2D eigenvalue weighted by atomic mass is 10.0. The van der Waals surface area contributed by atoms with Crippen molar-refractivity contribution in [3.63, 3.8) is 0 Å². The molecular formula is C18H21NO3. The Morgan fingerprint density at radius 1 is 1.18 bits per heavy atom. The molecule has 0 aliphatic rings. The third kappa shape index (κ3) is 4.58. The van der Waals surface area contributed by atoms with E-state index in [-0.39, 0.29) is 0 Å². The molecule has 0 unspecified atom stereocenters. The molecule has 0 aliphatic heterocycles. The molecule has 1 atom stereocenters. The quantitative estimate of drug-likeness (QED) is 0.879. The van der Waals surface area contributed by atoms with Crippen molar-refractivity contribution in [2.24, 2.45) is 0 Å². The molecule has 1 amide bonds. The van der Waals surface area contributed by atoms with Crippen LogP contribution in [0.25, 0.3) is 10.8 Å². The van der Waals surface area contributed by atoms with E-state index in [2.05, 4.69) is 5.32 Å². The maximum absolute atomic E-state index is 11.7. The lowest BCUT2D eigenvalue weighted by Crippen LogP contribution is -2.41. The Morgan fingerprint density at radius 3 is 2.50 bits per heavy atom. The molecule has 0 saturated carbocycles. The minimum Gasteiger partial charge on any atom is -0.444 e. The van der Waals surface area contributed by atoms with Gasteiger partial charge in [-0.1, -0.05) is 42.5 Å². The molecule has 116 valence electrons. The van der Waals surface area contributed by atoms with Crippen molar-refractivity contribution in [2.45, 2.75) is 38.8 Å². The van der Waals surface area contributed by atoms with Crippen molar-refractivity contribution in [2.75, 3.05) is 0 Å². The third-order valence-electron chi connectivity index (χ3n) is 3.14. The average molecular weight is 299 g/mol. The Hall–Kier alpha value is -2.36. The van der Waals surface area contributed by atoms with Gasteiger partial charge < -0.3 is 14.8 Å². The molecule has 4 nitrogen and oxygen atoms in total. The molecule has 2 aromatic carbocycles. The molecule has 0 aromatic heterocycles. The fourth-order valence-corrected chi connectivity index (χ4v) is 2.21. The Labute approximate surface area is 130 Å². The predicted octanol–water partition coefficient (Wildman–Crippen LogP) is 3.47. The van der Waals surface area contributed by atoms with Gasteiger partial charge in [0.15, 0.2) is 0 Å². The van der Waals surface area contributed by atoms with E-state index in [0.717, 1.165) is 22.6 Å². The number of rotatable bonds is 4. The number of hydrogen-bond donors (Lipinski definition) is 1. The second-order valence-corrected chi connectivity index (χ2v) is 6.27. The van der Waals surface area contributed by atoms with E-state index >= 15 is 0 Å². The van der Waals surface area contributed by atoms with Crippen LogP contribution < -0.4 is 5.32 Å². The summed E-state index contributed by atoms with van der Waals surface area (Å²) in [6.45, 7) is 5.35. The Morgan fingerprint density at radius 2 is 1.86 bits per heavy atom. The van der Waals surface area contributed by atoms with E-state index < -0.39 is 17.7 Å². The van der Waals surface area contributed by atoms with Gasteiger partial charge in [-0.3, -0.25) is 0 Å². The summed E-state index contributed by atoms with van der Waals surface area (Å²) in [5.41, 5.74) is 0.410. The maximum atomic E-state index is 11.7. The van der Waals surface area contributed by atoms with Gasteiger partial charge >= 0.3 is 6.09 Å². The molecule has 2 rings (SSSR count). The number of aldehydes is 1. The molecule has 4 heteroatoms. The van der Waals surface area contributed by atoms with Crippen LogP contribution in [0.4, 0.5) is 4.79 Å². The summed E-state index contributed by atoms with van der Waals surface area (Å²) in [4.78, 5) is 22.9. The van der Waals surface area contributed by atoms with Crippen LogP contribution >= 0.6 is 0 Å². The van der Waals surface area contributed by atoms with Gasteiger partial charge in [-0.15, -0.1) is 0 Å². The highest BCUT2D eigenvalue weighted by Crippen LogP contribution is 2.16. The van der Waals surface area contributed by atoms with E-state index in [1.807, 2.05) is 42.5 Å². The number of hydrogen-bond acceptors (Lipinski definition) is 3. The molecular weight excluding hydrogens is 278 g/mol. The van der Waals surface area contributed by atoms with Gasteiger partial charge in [0, 0.05) is 0 Å². The van der Waals surface area contributed by atoms with E-state index in [0.29, 0.717) is 6.42 Å². The number of benzene rings is 2. The minimum absolute atomic E-state index is 0.438. The van der Waals surface area contributed by atoms with Crippen molar-refractivity contribution in [3.05, 3.63) is 48.0 Å². The first kappa shape index (κ1) is 16.0. The molecule has 22 heavy (non-hydrogen) atoms. The summed E-state index contributed by atoms with van der Waals surface area (Å²) < 4.78 is 5.17. The van der Waals surface area contributed by atoms with Gasteiger partial charge in [-0.25, -0.2) is 4.79 Å². The van der Waals surface area contributed by atoms with E-state index in [4.69, 9.17) is 4.74 Å². The monoisotopic (exact) mass is 299 g/mol. The number of amides is 1. The van der Waals surface area contributed by atoms with Crippen LogP contribution in [0.1, 0.15) is 26.3 Å². The largest absolute Gasteiger partial charge is 0.444 e. The molecule has 0 aliphatic carbocycles. The SMILES string of the molecule is CC(C)(C)OC(=O)N[C@H](C=O)Cc1ccc2ccccc2c1. The number of carbonyl (C=O) groups is 2. The fraction of sp³-hybridized carbons (Fsp3) is 0.333. The number of nitrogens with one attached hydrogen (secondary N) is 1. The number of alkyl carbamates (subject to hydrolysis) is 1. The van der Waals surface area contributed by atoms with Gasteiger partial charge in [0.1, 0.15) is 11.9 Å². The topological polar surface area (TPSA) is 55.4 Å². The van der Waals surface area contributed by atoms with E-state index in [1.165, 1.54) is 0 Å². The fourth-order valence-electron chi connectivity index (χ4n) is 2.21. The highest BCUT2D eigenvalue weighted by Gasteiger charge is 2.19. The van der Waals surface area contributed by atoms with Gasteiger partial charge in [0.05, 0.1) is 6.04 Å². The summed E-state index contributed by atoms with van der Waals surface area (Å²) >= 11 is 0. The molecule has 2 aromatic rings. The second-order valence-electron chi connectivity index (χ2n) is 6.27. The van der Waals surface area contributed by atoms with Gasteiger partial charge in [-0.05, 0) is 43.5 Å². The second kappa shape index (κ2) is 6.60. The first-order valence-corrected chi connectivity index (χ1v) is 7.30. The third-order valence-corrected chi connectivity index (χ3v) is 3.14. The summed E-state index contributed by atoms with van der Waals surface area (Å²) in [6, 6.07) is 13.4. The molecule has 1 N–H and O–H groups in total. The van der Waals surface area contributed by atoms with Crippen molar-refractivity contribution in [1.29, 1.82) is 0 Å². The van der Waals surface area contributed by atoms with Crippen LogP contribution in [0.2, 0.25) is 0 Å². The lowest BCUT2D eigenvalue weighted by Gasteiger charge is -2.21. The van der Waals surface area contributed by atoms with E-state index in [1.54, 1.807) is 20.8 Å². The summed E-state index contributed by atoms with van der Waals surface area (Å²) in [5.74, 6) is 0. The van der Waals surface area contributed by atoms with Gasteiger partial charge in [0.2, 0.25) is 0 Å². The van der Waals surface area contributed by atoms with Crippen LogP contribution in [-0.4, -0.2) is 24.0 Å². The summed E-state index contributed by atoms with van der Waals surface area (Å²) in [7, 11) is 0. The van der Waals surface area contributed by atoms with Crippen molar-refractivity contribution >= 4 is 23.2 Å². The maximum Gasteiger partial charge on any atom is 0.408 e. The average Bonchev–Trinajstić information content (AvgIpc) is 2.44. The van der Waals surface area contributed by atoms with Gasteiger partial charge in [-0.2, -0.15) is 0 Å². The molecule has 0 radical (unpaired) electrons. The zero-order valence-corrected chi connectivity index (χ0v) is 13.1. The van der Waals surface area contributed by atoms with Crippen LogP contribution in [0.5, 0.6) is 0 Å². The van der Waals surface area contributed by atoms with Crippen LogP contribution in [0.15, 0.2) is 42.5 Å². The van der Waals surface area contributed by atoms with Crippen molar-refractivity contribution < 1.29 is 14.3 Å². The Kier molecular flexibility index (Phi) is 4.81. The van der Waals surface area contributed by atoms with Crippen molar-refractivity contribution in [1.82, 2.24) is 5.32 Å². The smallest absolute Gasteiger partial charge is 0.408 e. The predicted molar refractivity (Wildman–Crippen MR) is 86.9 cm³/mol. The van der Waals surface area contributed by atoms with Crippen molar-refractivity contribution in [3.8, 4) is 0 Å². The molecule has 0 saturated heterocycles. The highest BCUT2D eigenvalue weighted by molar-refractivity contribution is 5.83. The summed E-state index contributed by atoms with van der Waals surface area (Å²) in [6.07, 6.45) is 0.595. The first-order valence-electron chi connectivity index (χ1n) is 7.30. The zero-order chi connectivity index (χ0) is 16.2. The highest BCUT2D eigenvalue weighted by atomic mass is 16.6. The number of carbonyl (C=O) groups excluding carboxylic acids is 2. The van der Waals surface area contributed by atoms with E-state index in [9.17, 15) is 9.59 Å². The van der Waals surface area contributed by atoms with Crippen LogP contribution in [-0.2, 0) is 16.0 Å². The standard InChI is InChI=1S/C18H21NO3/c1-18(2,3)22-17(21)19-16(12-20)11-13-8-9-14-6-4-5-7-15(14)10-13/h4-10,12,16H,11H2,1-3H3,(H,19,21)/t16-/m0/s1. The lowest BCUT2D eigenvalue weighted by molar-refractivity contribution is -0.109. The molecule has 0 fully saturated rings.